The molecule has 3 rings (SSSR count). The number of carbonyl (C=O) groups excluding carboxylic acids is 1. The van der Waals surface area contributed by atoms with E-state index in [9.17, 15) is 13.2 Å². The molecule has 1 aromatic heterocycles. The van der Waals surface area contributed by atoms with Crippen LogP contribution in [0, 0.1) is 0 Å². The lowest BCUT2D eigenvalue weighted by molar-refractivity contribution is 0.0934. The van der Waals surface area contributed by atoms with E-state index in [4.69, 9.17) is 0 Å². The number of amides is 1. The van der Waals surface area contributed by atoms with Gasteiger partial charge >= 0.3 is 0 Å². The van der Waals surface area contributed by atoms with Gasteiger partial charge in [-0.1, -0.05) is 42.5 Å². The minimum atomic E-state index is -3.68. The van der Waals surface area contributed by atoms with Gasteiger partial charge in [-0.05, 0) is 24.6 Å². The predicted molar refractivity (Wildman–Crippen MR) is 101 cm³/mol. The number of hydrogen-bond donors (Lipinski definition) is 1. The molecule has 0 aliphatic heterocycles. The Labute approximate surface area is 158 Å². The summed E-state index contributed by atoms with van der Waals surface area (Å²) in [6.07, 6.45) is 1.54. The lowest BCUT2D eigenvalue weighted by atomic mass is 10.2. The van der Waals surface area contributed by atoms with E-state index in [0.29, 0.717) is 11.4 Å². The van der Waals surface area contributed by atoms with Crippen LogP contribution in [0.25, 0.3) is 0 Å². The van der Waals surface area contributed by atoms with Crippen molar-refractivity contribution in [2.75, 3.05) is 0 Å². The highest BCUT2D eigenvalue weighted by Gasteiger charge is 2.24. The highest BCUT2D eigenvalue weighted by Crippen LogP contribution is 2.21. The first-order chi connectivity index (χ1) is 12.9. The third-order valence-electron chi connectivity index (χ3n) is 4.15. The zero-order valence-electron chi connectivity index (χ0n) is 15.0. The van der Waals surface area contributed by atoms with Gasteiger partial charge in [0.25, 0.3) is 5.91 Å². The molecule has 0 bridgehead atoms. The van der Waals surface area contributed by atoms with Gasteiger partial charge in [0, 0.05) is 7.05 Å². The second-order valence-electron chi connectivity index (χ2n) is 6.24. The van der Waals surface area contributed by atoms with Crippen LogP contribution in [0.4, 0.5) is 0 Å². The number of carbonyl (C=O) groups is 1. The largest absolute Gasteiger partial charge is 0.342 e. The fourth-order valence-corrected chi connectivity index (χ4v) is 4.39. The zero-order chi connectivity index (χ0) is 19.4. The molecule has 0 aliphatic carbocycles. The van der Waals surface area contributed by atoms with Crippen LogP contribution in [0.1, 0.15) is 34.7 Å². The van der Waals surface area contributed by atoms with Crippen molar-refractivity contribution < 1.29 is 13.2 Å². The van der Waals surface area contributed by atoms with Gasteiger partial charge < -0.3 is 9.88 Å². The van der Waals surface area contributed by atoms with Crippen LogP contribution >= 0.6 is 0 Å². The number of aromatic nitrogens is 3. The van der Waals surface area contributed by atoms with Gasteiger partial charge in [-0.2, -0.15) is 0 Å². The molecular weight excluding hydrogens is 364 g/mol. The Kier molecular flexibility index (Phi) is 5.36. The summed E-state index contributed by atoms with van der Waals surface area (Å²) >= 11 is 0. The summed E-state index contributed by atoms with van der Waals surface area (Å²) in [5, 5.41) is 10.6. The van der Waals surface area contributed by atoms with E-state index in [0.717, 1.165) is 0 Å². The topological polar surface area (TPSA) is 93.9 Å². The fourth-order valence-electron chi connectivity index (χ4n) is 2.82. The molecule has 8 heteroatoms. The molecule has 0 saturated carbocycles. The Bertz CT molecular complexity index is 1050. The average Bonchev–Trinajstić information content (AvgIpc) is 3.08. The number of benzene rings is 2. The molecule has 0 spiro atoms. The van der Waals surface area contributed by atoms with E-state index in [2.05, 4.69) is 15.5 Å². The Morgan fingerprint density at radius 3 is 2.44 bits per heavy atom. The fraction of sp³-hybridized carbons (Fsp3) is 0.211. The highest BCUT2D eigenvalue weighted by atomic mass is 32.2. The van der Waals surface area contributed by atoms with Gasteiger partial charge in [0.1, 0.15) is 6.33 Å². The molecule has 3 aromatic rings. The van der Waals surface area contributed by atoms with Crippen LogP contribution in [-0.2, 0) is 22.6 Å². The standard InChI is InChI=1S/C19H20N4O3S/c1-14(18-22-20-13-23(18)2)21-19(24)16-10-6-7-11-17(16)27(25,26)12-15-8-4-3-5-9-15/h3-11,13-14H,12H2,1-2H3,(H,21,24). The summed E-state index contributed by atoms with van der Waals surface area (Å²) in [6, 6.07) is 14.7. The molecule has 1 unspecified atom stereocenters. The van der Waals surface area contributed by atoms with Crippen molar-refractivity contribution >= 4 is 15.7 Å². The molecule has 0 saturated heterocycles. The normalized spacial score (nSPS) is 12.5. The van der Waals surface area contributed by atoms with Crippen LogP contribution in [0.15, 0.2) is 65.8 Å². The summed E-state index contributed by atoms with van der Waals surface area (Å²) < 4.78 is 27.5. The van der Waals surface area contributed by atoms with Crippen molar-refractivity contribution in [1.82, 2.24) is 20.1 Å². The number of hydrogen-bond acceptors (Lipinski definition) is 5. The Balaban J connectivity index is 1.87. The molecule has 7 nitrogen and oxygen atoms in total. The average molecular weight is 384 g/mol. The van der Waals surface area contributed by atoms with Crippen LogP contribution < -0.4 is 5.32 Å². The van der Waals surface area contributed by atoms with E-state index in [1.165, 1.54) is 18.5 Å². The van der Waals surface area contributed by atoms with Crippen molar-refractivity contribution in [3.63, 3.8) is 0 Å². The highest BCUT2D eigenvalue weighted by molar-refractivity contribution is 7.90. The maximum atomic E-state index is 12.9. The maximum Gasteiger partial charge on any atom is 0.253 e. The van der Waals surface area contributed by atoms with Crippen LogP contribution in [0.5, 0.6) is 0 Å². The zero-order valence-corrected chi connectivity index (χ0v) is 15.8. The summed E-state index contributed by atoms with van der Waals surface area (Å²) in [5.41, 5.74) is 0.780. The lowest BCUT2D eigenvalue weighted by Gasteiger charge is -2.15. The third-order valence-corrected chi connectivity index (χ3v) is 5.89. The van der Waals surface area contributed by atoms with Crippen molar-refractivity contribution in [3.8, 4) is 0 Å². The van der Waals surface area contributed by atoms with Crippen LogP contribution in [0.2, 0.25) is 0 Å². The van der Waals surface area contributed by atoms with E-state index in [1.807, 2.05) is 6.07 Å². The molecule has 0 aliphatic rings. The molecule has 0 radical (unpaired) electrons. The van der Waals surface area contributed by atoms with Gasteiger partial charge in [-0.3, -0.25) is 4.79 Å². The number of sulfone groups is 1. The van der Waals surface area contributed by atoms with Gasteiger partial charge in [-0.25, -0.2) is 8.42 Å². The van der Waals surface area contributed by atoms with E-state index >= 15 is 0 Å². The summed E-state index contributed by atoms with van der Waals surface area (Å²) in [4.78, 5) is 12.8. The minimum absolute atomic E-state index is 0.0107. The van der Waals surface area contributed by atoms with Gasteiger partial charge in [-0.15, -0.1) is 10.2 Å². The molecule has 27 heavy (non-hydrogen) atoms. The predicted octanol–water partition coefficient (Wildman–Crippen LogP) is 2.28. The van der Waals surface area contributed by atoms with Crippen molar-refractivity contribution in [2.45, 2.75) is 23.6 Å². The number of rotatable bonds is 6. The van der Waals surface area contributed by atoms with Crippen molar-refractivity contribution in [1.29, 1.82) is 0 Å². The second-order valence-corrected chi connectivity index (χ2v) is 8.19. The Hall–Kier alpha value is -3.00. The SMILES string of the molecule is CC(NC(=O)c1ccccc1S(=O)(=O)Cc1ccccc1)c1nncn1C. The van der Waals surface area contributed by atoms with Crippen LogP contribution in [0.3, 0.4) is 0 Å². The summed E-state index contributed by atoms with van der Waals surface area (Å²) in [6.45, 7) is 1.77. The molecule has 0 fully saturated rings. The number of nitrogens with one attached hydrogen (secondary N) is 1. The first kappa shape index (κ1) is 18.8. The minimum Gasteiger partial charge on any atom is -0.342 e. The summed E-state index contributed by atoms with van der Waals surface area (Å²) in [7, 11) is -1.91. The first-order valence-corrected chi connectivity index (χ1v) is 10.0. The monoisotopic (exact) mass is 384 g/mol. The third kappa shape index (κ3) is 4.22. The molecule has 1 amide bonds. The second kappa shape index (κ2) is 7.71. The van der Waals surface area contributed by atoms with Crippen molar-refractivity contribution in [2.24, 2.45) is 7.05 Å². The van der Waals surface area contributed by atoms with Crippen molar-refractivity contribution in [3.05, 3.63) is 77.9 Å². The molecular formula is C19H20N4O3S. The van der Waals surface area contributed by atoms with Gasteiger partial charge in [0.15, 0.2) is 15.7 Å². The lowest BCUT2D eigenvalue weighted by Crippen LogP contribution is -2.29. The Morgan fingerprint density at radius 1 is 1.11 bits per heavy atom. The molecule has 140 valence electrons. The van der Waals surface area contributed by atoms with Crippen LogP contribution in [-0.4, -0.2) is 29.1 Å². The quantitative estimate of drug-likeness (QED) is 0.704. The van der Waals surface area contributed by atoms with Gasteiger partial charge in [0.05, 0.1) is 22.3 Å². The molecule has 1 N–H and O–H groups in total. The first-order valence-electron chi connectivity index (χ1n) is 8.39. The molecule has 1 atom stereocenters. The van der Waals surface area contributed by atoms with Gasteiger partial charge in [0.2, 0.25) is 0 Å². The molecule has 1 heterocycles. The number of aryl methyl sites for hydroxylation is 1. The molecule has 2 aromatic carbocycles. The summed E-state index contributed by atoms with van der Waals surface area (Å²) in [5.74, 6) is -0.0672. The Morgan fingerprint density at radius 2 is 1.78 bits per heavy atom. The van der Waals surface area contributed by atoms with E-state index < -0.39 is 21.8 Å². The van der Waals surface area contributed by atoms with E-state index in [-0.39, 0.29) is 16.2 Å². The maximum absolute atomic E-state index is 12.9. The van der Waals surface area contributed by atoms with E-state index in [1.54, 1.807) is 54.9 Å². The smallest absolute Gasteiger partial charge is 0.253 e. The number of nitrogens with zero attached hydrogens (tertiary/aromatic N) is 3.